The molecule has 0 fully saturated rings. The molecule has 0 unspecified atom stereocenters. The Morgan fingerprint density at radius 1 is 0.679 bits per heavy atom. The molecular formula is C22H16O6. The summed E-state index contributed by atoms with van der Waals surface area (Å²) in [4.78, 5) is 34.3. The van der Waals surface area contributed by atoms with E-state index in [2.05, 4.69) is 0 Å². The number of ether oxygens (including phenoxy) is 1. The van der Waals surface area contributed by atoms with Crippen molar-refractivity contribution in [2.24, 2.45) is 0 Å². The molecule has 0 spiro atoms. The van der Waals surface area contributed by atoms with E-state index < -0.39 is 17.9 Å². The van der Waals surface area contributed by atoms with E-state index in [9.17, 15) is 14.4 Å². The van der Waals surface area contributed by atoms with Gasteiger partial charge in [-0.05, 0) is 58.7 Å². The maximum Gasteiger partial charge on any atom is 0.338 e. The Kier molecular flexibility index (Phi) is 5.22. The van der Waals surface area contributed by atoms with Gasteiger partial charge >= 0.3 is 17.9 Å². The average molecular weight is 376 g/mol. The summed E-state index contributed by atoms with van der Waals surface area (Å²) >= 11 is 0. The second kappa shape index (κ2) is 7.75. The third-order valence-electron chi connectivity index (χ3n) is 4.33. The summed E-state index contributed by atoms with van der Waals surface area (Å²) in [5.41, 5.74) is 3.48. The number of carboxylic acids is 2. The first kappa shape index (κ1) is 18.8. The molecule has 28 heavy (non-hydrogen) atoms. The monoisotopic (exact) mass is 376 g/mol. The van der Waals surface area contributed by atoms with Crippen LogP contribution in [0.3, 0.4) is 0 Å². The van der Waals surface area contributed by atoms with Gasteiger partial charge in [0, 0.05) is 0 Å². The zero-order valence-electron chi connectivity index (χ0n) is 14.9. The lowest BCUT2D eigenvalue weighted by Gasteiger charge is -2.12. The van der Waals surface area contributed by atoms with E-state index in [-0.39, 0.29) is 11.1 Å². The van der Waals surface area contributed by atoms with Gasteiger partial charge in [-0.3, -0.25) is 0 Å². The molecule has 140 valence electrons. The molecule has 0 bridgehead atoms. The van der Waals surface area contributed by atoms with Crippen molar-refractivity contribution in [2.45, 2.75) is 0 Å². The van der Waals surface area contributed by atoms with E-state index in [1.165, 1.54) is 31.4 Å². The number of hydrogen-bond donors (Lipinski definition) is 2. The highest BCUT2D eigenvalue weighted by Gasteiger charge is 2.15. The van der Waals surface area contributed by atoms with Crippen molar-refractivity contribution in [3.8, 4) is 22.3 Å². The fourth-order valence-electron chi connectivity index (χ4n) is 2.85. The number of rotatable bonds is 5. The van der Waals surface area contributed by atoms with Crippen molar-refractivity contribution in [3.63, 3.8) is 0 Å². The standard InChI is InChI=1S/C22H16O6/c1-28-22(27)18-11-10-17(13-2-6-15(7-3-13)20(23)24)12-19(18)14-4-8-16(9-5-14)21(25)26/h2-12H,1H3,(H,23,24)(H,25,26). The van der Waals surface area contributed by atoms with Crippen LogP contribution in [-0.4, -0.2) is 35.2 Å². The maximum absolute atomic E-state index is 12.2. The largest absolute Gasteiger partial charge is 0.478 e. The minimum atomic E-state index is -1.04. The van der Waals surface area contributed by atoms with E-state index >= 15 is 0 Å². The molecule has 3 aromatic rings. The SMILES string of the molecule is COC(=O)c1ccc(-c2ccc(C(=O)O)cc2)cc1-c1ccc(C(=O)O)cc1. The summed E-state index contributed by atoms with van der Waals surface area (Å²) in [6.45, 7) is 0. The molecule has 0 radical (unpaired) electrons. The molecule has 3 aromatic carbocycles. The number of benzene rings is 3. The van der Waals surface area contributed by atoms with Gasteiger partial charge in [-0.2, -0.15) is 0 Å². The number of carboxylic acid groups (broad SMARTS) is 2. The van der Waals surface area contributed by atoms with Crippen molar-refractivity contribution in [1.82, 2.24) is 0 Å². The normalized spacial score (nSPS) is 10.3. The molecule has 0 amide bonds. The van der Waals surface area contributed by atoms with Gasteiger partial charge in [-0.15, -0.1) is 0 Å². The first-order valence-corrected chi connectivity index (χ1v) is 8.30. The molecule has 6 heteroatoms. The fraction of sp³-hybridized carbons (Fsp3) is 0.0455. The molecule has 0 aliphatic carbocycles. The van der Waals surface area contributed by atoms with Crippen molar-refractivity contribution < 1.29 is 29.3 Å². The van der Waals surface area contributed by atoms with E-state index in [1.54, 1.807) is 42.5 Å². The van der Waals surface area contributed by atoms with Gasteiger partial charge in [0.2, 0.25) is 0 Å². The van der Waals surface area contributed by atoms with E-state index in [4.69, 9.17) is 14.9 Å². The minimum Gasteiger partial charge on any atom is -0.478 e. The van der Waals surface area contributed by atoms with Gasteiger partial charge in [0.25, 0.3) is 0 Å². The van der Waals surface area contributed by atoms with Crippen LogP contribution in [0.1, 0.15) is 31.1 Å². The quantitative estimate of drug-likeness (QED) is 0.647. The fourth-order valence-corrected chi connectivity index (χ4v) is 2.85. The topological polar surface area (TPSA) is 101 Å². The number of esters is 1. The summed E-state index contributed by atoms with van der Waals surface area (Å²) in [6.07, 6.45) is 0. The molecule has 0 atom stereocenters. The number of methoxy groups -OCH3 is 1. The smallest absolute Gasteiger partial charge is 0.338 e. The van der Waals surface area contributed by atoms with Crippen molar-refractivity contribution in [3.05, 3.63) is 83.4 Å². The Morgan fingerprint density at radius 3 is 1.61 bits per heavy atom. The summed E-state index contributed by atoms with van der Waals surface area (Å²) < 4.78 is 4.85. The van der Waals surface area contributed by atoms with Crippen LogP contribution < -0.4 is 0 Å². The van der Waals surface area contributed by atoms with Crippen LogP contribution in [0.2, 0.25) is 0 Å². The number of hydrogen-bond acceptors (Lipinski definition) is 4. The highest BCUT2D eigenvalue weighted by molar-refractivity contribution is 5.99. The predicted octanol–water partition coefficient (Wildman–Crippen LogP) is 4.20. The lowest BCUT2D eigenvalue weighted by molar-refractivity contribution is 0.0600. The van der Waals surface area contributed by atoms with E-state index in [0.717, 1.165) is 11.1 Å². The van der Waals surface area contributed by atoms with Crippen LogP contribution in [0.25, 0.3) is 22.3 Å². The third-order valence-corrected chi connectivity index (χ3v) is 4.33. The Balaban J connectivity index is 2.10. The number of carbonyl (C=O) groups is 3. The van der Waals surface area contributed by atoms with Crippen molar-refractivity contribution >= 4 is 17.9 Å². The summed E-state index contributed by atoms with van der Waals surface area (Å²) in [6, 6.07) is 17.7. The van der Waals surface area contributed by atoms with Crippen molar-refractivity contribution in [1.29, 1.82) is 0 Å². The molecule has 3 rings (SSSR count). The highest BCUT2D eigenvalue weighted by atomic mass is 16.5. The third kappa shape index (κ3) is 3.76. The number of aromatic carboxylic acids is 2. The second-order valence-electron chi connectivity index (χ2n) is 6.02. The van der Waals surface area contributed by atoms with E-state index in [0.29, 0.717) is 16.7 Å². The molecule has 2 N–H and O–H groups in total. The van der Waals surface area contributed by atoms with Crippen LogP contribution in [0.15, 0.2) is 66.7 Å². The average Bonchev–Trinajstić information content (AvgIpc) is 2.73. The van der Waals surface area contributed by atoms with Gasteiger partial charge < -0.3 is 14.9 Å². The molecular weight excluding hydrogens is 360 g/mol. The van der Waals surface area contributed by atoms with Gasteiger partial charge in [-0.25, -0.2) is 14.4 Å². The zero-order valence-corrected chi connectivity index (χ0v) is 14.9. The Morgan fingerprint density at radius 2 is 1.14 bits per heavy atom. The molecule has 0 aliphatic heterocycles. The van der Waals surface area contributed by atoms with Gasteiger partial charge in [-0.1, -0.05) is 30.3 Å². The first-order valence-electron chi connectivity index (χ1n) is 8.30. The molecule has 0 saturated heterocycles. The van der Waals surface area contributed by atoms with Gasteiger partial charge in [0.1, 0.15) is 0 Å². The van der Waals surface area contributed by atoms with Crippen LogP contribution in [0, 0.1) is 0 Å². The Bertz CT molecular complexity index is 1050. The zero-order chi connectivity index (χ0) is 20.3. The Hall–Kier alpha value is -3.93. The molecule has 0 aliphatic rings. The van der Waals surface area contributed by atoms with Crippen LogP contribution in [0.4, 0.5) is 0 Å². The van der Waals surface area contributed by atoms with Crippen LogP contribution >= 0.6 is 0 Å². The van der Waals surface area contributed by atoms with Crippen LogP contribution in [0.5, 0.6) is 0 Å². The predicted molar refractivity (Wildman–Crippen MR) is 103 cm³/mol. The molecule has 0 aromatic heterocycles. The summed E-state index contributed by atoms with van der Waals surface area (Å²) in [5, 5.41) is 18.1. The summed E-state index contributed by atoms with van der Waals surface area (Å²) in [5.74, 6) is -2.55. The first-order chi connectivity index (χ1) is 13.4. The summed E-state index contributed by atoms with van der Waals surface area (Å²) in [7, 11) is 1.29. The molecule has 6 nitrogen and oxygen atoms in total. The van der Waals surface area contributed by atoms with Crippen LogP contribution in [-0.2, 0) is 4.74 Å². The van der Waals surface area contributed by atoms with Crippen molar-refractivity contribution in [2.75, 3.05) is 7.11 Å². The maximum atomic E-state index is 12.2. The van der Waals surface area contributed by atoms with Gasteiger partial charge in [0.15, 0.2) is 0 Å². The lowest BCUT2D eigenvalue weighted by atomic mass is 9.93. The number of carbonyl (C=O) groups excluding carboxylic acids is 1. The van der Waals surface area contributed by atoms with E-state index in [1.807, 2.05) is 0 Å². The second-order valence-corrected chi connectivity index (χ2v) is 6.02. The molecule has 0 heterocycles. The molecule has 0 saturated carbocycles. The van der Waals surface area contributed by atoms with Gasteiger partial charge in [0.05, 0.1) is 23.8 Å². The Labute approximate surface area is 160 Å². The highest BCUT2D eigenvalue weighted by Crippen LogP contribution is 2.30. The minimum absolute atomic E-state index is 0.142. The lowest BCUT2D eigenvalue weighted by Crippen LogP contribution is -2.04.